The Kier molecular flexibility index (Phi) is 5.75. The van der Waals surface area contributed by atoms with Crippen LogP contribution >= 0.6 is 31.9 Å². The van der Waals surface area contributed by atoms with E-state index in [0.29, 0.717) is 13.0 Å². The molecule has 0 saturated carbocycles. The van der Waals surface area contributed by atoms with Crippen LogP contribution in [0.15, 0.2) is 51.4 Å². The topological polar surface area (TPSA) is 26.0 Å². The number of benzene rings is 2. The molecule has 0 aliphatic carbocycles. The Morgan fingerprint density at radius 3 is 2.40 bits per heavy atom. The highest BCUT2D eigenvalue weighted by atomic mass is 79.9. The minimum Gasteiger partial charge on any atom is -0.330 e. The summed E-state index contributed by atoms with van der Waals surface area (Å²) in [6, 6.07) is 13.4. The molecule has 0 heterocycles. The first-order valence-electron chi connectivity index (χ1n) is 6.47. The smallest absolute Gasteiger partial charge is 0.127 e. The average molecular weight is 401 g/mol. The summed E-state index contributed by atoms with van der Waals surface area (Å²) in [4.78, 5) is 0. The van der Waals surface area contributed by atoms with Gasteiger partial charge in [0.1, 0.15) is 5.82 Å². The quantitative estimate of drug-likeness (QED) is 0.772. The summed E-state index contributed by atoms with van der Waals surface area (Å²) in [5.41, 5.74) is 7.78. The molecule has 1 unspecified atom stereocenters. The van der Waals surface area contributed by atoms with Crippen molar-refractivity contribution in [3.05, 3.63) is 68.4 Å². The van der Waals surface area contributed by atoms with Gasteiger partial charge in [0.25, 0.3) is 0 Å². The largest absolute Gasteiger partial charge is 0.330 e. The van der Waals surface area contributed by atoms with Gasteiger partial charge in [-0.3, -0.25) is 0 Å². The van der Waals surface area contributed by atoms with Gasteiger partial charge in [-0.25, -0.2) is 4.39 Å². The van der Waals surface area contributed by atoms with E-state index in [1.807, 2.05) is 24.3 Å². The lowest BCUT2D eigenvalue weighted by atomic mass is 9.92. The average Bonchev–Trinajstić information content (AvgIpc) is 2.41. The predicted molar refractivity (Wildman–Crippen MR) is 88.2 cm³/mol. The second-order valence-electron chi connectivity index (χ2n) is 4.88. The zero-order chi connectivity index (χ0) is 14.5. The third-order valence-electron chi connectivity index (χ3n) is 3.27. The summed E-state index contributed by atoms with van der Waals surface area (Å²) in [5, 5.41) is 0. The van der Waals surface area contributed by atoms with Gasteiger partial charge in [-0.05, 0) is 60.7 Å². The summed E-state index contributed by atoms with van der Waals surface area (Å²) >= 11 is 6.74. The molecule has 20 heavy (non-hydrogen) atoms. The molecule has 2 aromatic rings. The van der Waals surface area contributed by atoms with E-state index in [4.69, 9.17) is 5.73 Å². The monoisotopic (exact) mass is 399 g/mol. The molecule has 0 radical (unpaired) electrons. The van der Waals surface area contributed by atoms with Crippen LogP contribution in [-0.2, 0) is 12.8 Å². The van der Waals surface area contributed by atoms with E-state index < -0.39 is 0 Å². The second-order valence-corrected chi connectivity index (χ2v) is 6.71. The summed E-state index contributed by atoms with van der Waals surface area (Å²) in [5.74, 6) is 0.0621. The molecule has 2 aromatic carbocycles. The maximum atomic E-state index is 13.9. The Morgan fingerprint density at radius 1 is 1.00 bits per heavy atom. The van der Waals surface area contributed by atoms with E-state index in [1.54, 1.807) is 0 Å². The number of halogens is 3. The normalized spacial score (nSPS) is 12.4. The van der Waals surface area contributed by atoms with E-state index in [9.17, 15) is 4.39 Å². The molecule has 0 aliphatic heterocycles. The lowest BCUT2D eigenvalue weighted by Gasteiger charge is -2.15. The molecule has 0 fully saturated rings. The fraction of sp³-hybridized carbons (Fsp3) is 0.250. The van der Waals surface area contributed by atoms with Crippen LogP contribution in [0.1, 0.15) is 11.1 Å². The molecule has 0 spiro atoms. The van der Waals surface area contributed by atoms with Crippen LogP contribution < -0.4 is 5.73 Å². The van der Waals surface area contributed by atoms with Crippen LogP contribution in [-0.4, -0.2) is 6.54 Å². The van der Waals surface area contributed by atoms with Crippen molar-refractivity contribution in [1.29, 1.82) is 0 Å². The van der Waals surface area contributed by atoms with Gasteiger partial charge in [0.15, 0.2) is 0 Å². The minimum atomic E-state index is -0.174. The van der Waals surface area contributed by atoms with E-state index in [-0.39, 0.29) is 11.7 Å². The SMILES string of the molecule is NCC(Cc1cccc(Br)c1)Cc1ccc(Br)cc1F. The van der Waals surface area contributed by atoms with E-state index in [2.05, 4.69) is 44.0 Å². The van der Waals surface area contributed by atoms with Gasteiger partial charge in [-0.15, -0.1) is 0 Å². The molecule has 2 N–H and O–H groups in total. The van der Waals surface area contributed by atoms with E-state index >= 15 is 0 Å². The van der Waals surface area contributed by atoms with Crippen LogP contribution in [0, 0.1) is 11.7 Å². The van der Waals surface area contributed by atoms with Crippen LogP contribution in [0.25, 0.3) is 0 Å². The van der Waals surface area contributed by atoms with Gasteiger partial charge in [-0.2, -0.15) is 0 Å². The van der Waals surface area contributed by atoms with Crippen molar-refractivity contribution in [2.45, 2.75) is 12.8 Å². The Hall–Kier alpha value is -0.710. The summed E-state index contributed by atoms with van der Waals surface area (Å²) in [7, 11) is 0. The summed E-state index contributed by atoms with van der Waals surface area (Å²) in [6.07, 6.45) is 1.51. The Balaban J connectivity index is 2.09. The fourth-order valence-electron chi connectivity index (χ4n) is 2.23. The summed E-state index contributed by atoms with van der Waals surface area (Å²) < 4.78 is 15.7. The maximum Gasteiger partial charge on any atom is 0.127 e. The van der Waals surface area contributed by atoms with E-state index in [1.165, 1.54) is 11.6 Å². The van der Waals surface area contributed by atoms with Crippen molar-refractivity contribution < 1.29 is 4.39 Å². The lowest BCUT2D eigenvalue weighted by Crippen LogP contribution is -2.20. The first kappa shape index (κ1) is 15.7. The molecule has 1 atom stereocenters. The van der Waals surface area contributed by atoms with Crippen LogP contribution in [0.2, 0.25) is 0 Å². The number of rotatable bonds is 5. The first-order valence-corrected chi connectivity index (χ1v) is 8.05. The second kappa shape index (κ2) is 7.34. The van der Waals surface area contributed by atoms with Crippen molar-refractivity contribution >= 4 is 31.9 Å². The molecule has 0 aliphatic rings. The highest BCUT2D eigenvalue weighted by molar-refractivity contribution is 9.10. The highest BCUT2D eigenvalue weighted by Crippen LogP contribution is 2.21. The van der Waals surface area contributed by atoms with Crippen molar-refractivity contribution in [1.82, 2.24) is 0 Å². The van der Waals surface area contributed by atoms with Gasteiger partial charge in [0.05, 0.1) is 0 Å². The molecule has 0 aromatic heterocycles. The Labute approximate surface area is 135 Å². The zero-order valence-electron chi connectivity index (χ0n) is 11.0. The third-order valence-corrected chi connectivity index (χ3v) is 4.26. The van der Waals surface area contributed by atoms with Crippen LogP contribution in [0.3, 0.4) is 0 Å². The molecule has 1 nitrogen and oxygen atoms in total. The van der Waals surface area contributed by atoms with Gasteiger partial charge in [-0.1, -0.05) is 50.1 Å². The maximum absolute atomic E-state index is 13.9. The first-order chi connectivity index (χ1) is 9.58. The fourth-order valence-corrected chi connectivity index (χ4v) is 3.01. The predicted octanol–water partition coefficient (Wildman–Crippen LogP) is 4.71. The highest BCUT2D eigenvalue weighted by Gasteiger charge is 2.12. The van der Waals surface area contributed by atoms with Crippen LogP contribution in [0.4, 0.5) is 4.39 Å². The molecule has 0 saturated heterocycles. The number of nitrogens with two attached hydrogens (primary N) is 1. The lowest BCUT2D eigenvalue weighted by molar-refractivity contribution is 0.511. The van der Waals surface area contributed by atoms with Crippen LogP contribution in [0.5, 0.6) is 0 Å². The van der Waals surface area contributed by atoms with Crippen molar-refractivity contribution in [2.24, 2.45) is 11.7 Å². The van der Waals surface area contributed by atoms with E-state index in [0.717, 1.165) is 20.9 Å². The minimum absolute atomic E-state index is 0.174. The van der Waals surface area contributed by atoms with Crippen molar-refractivity contribution in [3.63, 3.8) is 0 Å². The Bertz CT molecular complexity index is 586. The molecule has 2 rings (SSSR count). The third kappa shape index (κ3) is 4.40. The molecule has 0 bridgehead atoms. The van der Waals surface area contributed by atoms with Gasteiger partial charge in [0.2, 0.25) is 0 Å². The van der Waals surface area contributed by atoms with Gasteiger partial charge < -0.3 is 5.73 Å². The molecule has 4 heteroatoms. The Morgan fingerprint density at radius 2 is 1.75 bits per heavy atom. The van der Waals surface area contributed by atoms with Gasteiger partial charge in [0, 0.05) is 8.95 Å². The zero-order valence-corrected chi connectivity index (χ0v) is 14.1. The van der Waals surface area contributed by atoms with Crippen molar-refractivity contribution in [2.75, 3.05) is 6.54 Å². The molecule has 106 valence electrons. The number of hydrogen-bond donors (Lipinski definition) is 1. The molecule has 0 amide bonds. The standard InChI is InChI=1S/C16H16Br2FN/c17-14-3-1-2-11(8-14)6-12(10-20)7-13-4-5-15(18)9-16(13)19/h1-5,8-9,12H,6-7,10,20H2. The van der Waals surface area contributed by atoms with Crippen molar-refractivity contribution in [3.8, 4) is 0 Å². The number of hydrogen-bond acceptors (Lipinski definition) is 1. The van der Waals surface area contributed by atoms with Gasteiger partial charge >= 0.3 is 0 Å². The molecular formula is C16H16Br2FN. The summed E-state index contributed by atoms with van der Waals surface area (Å²) in [6.45, 7) is 0.544. The molecular weight excluding hydrogens is 385 g/mol.